The molecule has 0 aromatic carbocycles. The third-order valence-corrected chi connectivity index (χ3v) is 5.48. The molecular formula is C18H18N2O3S2. The molecule has 0 atom stereocenters. The summed E-state index contributed by atoms with van der Waals surface area (Å²) in [5, 5.41) is 0. The van der Waals surface area contributed by atoms with Gasteiger partial charge in [-0.1, -0.05) is 13.0 Å². The number of hydrogen-bond acceptors (Lipinski definition) is 5. The van der Waals surface area contributed by atoms with Crippen molar-refractivity contribution in [2.24, 2.45) is 0 Å². The van der Waals surface area contributed by atoms with Crippen molar-refractivity contribution in [3.05, 3.63) is 56.4 Å². The largest absolute Gasteiger partial charge is 0.462 e. The van der Waals surface area contributed by atoms with Crippen LogP contribution in [0.4, 0.5) is 0 Å². The maximum atomic E-state index is 13.0. The van der Waals surface area contributed by atoms with E-state index in [2.05, 4.69) is 6.58 Å². The molecule has 3 rings (SSSR count). The zero-order chi connectivity index (χ0) is 18.1. The lowest BCUT2D eigenvalue weighted by molar-refractivity contribution is 0.0531. The van der Waals surface area contributed by atoms with Gasteiger partial charge in [0.2, 0.25) is 0 Å². The molecule has 0 saturated carbocycles. The van der Waals surface area contributed by atoms with Crippen LogP contribution < -0.4 is 5.56 Å². The minimum atomic E-state index is -0.435. The van der Waals surface area contributed by atoms with Crippen LogP contribution >= 0.6 is 23.6 Å². The van der Waals surface area contributed by atoms with Gasteiger partial charge in [0.05, 0.1) is 16.8 Å². The van der Waals surface area contributed by atoms with Crippen LogP contribution in [0.5, 0.6) is 0 Å². The molecule has 0 bridgehead atoms. The number of esters is 1. The summed E-state index contributed by atoms with van der Waals surface area (Å²) in [7, 11) is 0. The number of carbonyl (C=O) groups is 1. The monoisotopic (exact) mass is 374 g/mol. The number of rotatable bonds is 5. The molecule has 0 amide bonds. The Labute approximate surface area is 153 Å². The molecule has 3 aromatic heterocycles. The fraction of sp³-hybridized carbons (Fsp3) is 0.278. The summed E-state index contributed by atoms with van der Waals surface area (Å²) >= 11 is 6.62. The van der Waals surface area contributed by atoms with Crippen molar-refractivity contribution in [1.82, 2.24) is 8.97 Å². The first-order chi connectivity index (χ1) is 12.0. The number of hydrogen-bond donors (Lipinski definition) is 0. The van der Waals surface area contributed by atoms with E-state index in [1.165, 1.54) is 15.9 Å². The van der Waals surface area contributed by atoms with Crippen molar-refractivity contribution in [3.63, 3.8) is 0 Å². The number of nitrogens with zero attached hydrogens (tertiary/aromatic N) is 2. The summed E-state index contributed by atoms with van der Waals surface area (Å²) in [6.45, 7) is 8.08. The number of allylic oxidation sites excluding steroid dienone is 1. The third kappa shape index (κ3) is 2.83. The minimum absolute atomic E-state index is 0.228. The highest BCUT2D eigenvalue weighted by Gasteiger charge is 2.23. The van der Waals surface area contributed by atoms with Gasteiger partial charge in [-0.05, 0) is 43.3 Å². The van der Waals surface area contributed by atoms with E-state index in [4.69, 9.17) is 17.0 Å². The van der Waals surface area contributed by atoms with Crippen molar-refractivity contribution in [2.75, 3.05) is 6.61 Å². The summed E-state index contributed by atoms with van der Waals surface area (Å²) in [5.74, 6) is -0.435. The molecule has 0 saturated heterocycles. The summed E-state index contributed by atoms with van der Waals surface area (Å²) in [4.78, 5) is 25.6. The minimum Gasteiger partial charge on any atom is -0.462 e. The Bertz CT molecular complexity index is 1110. The first-order valence-electron chi connectivity index (χ1n) is 8.02. The van der Waals surface area contributed by atoms with Crippen LogP contribution in [0, 0.1) is 3.95 Å². The molecule has 0 fully saturated rings. The molecule has 7 heteroatoms. The predicted molar refractivity (Wildman–Crippen MR) is 103 cm³/mol. The number of ether oxygens (including phenoxy) is 1. The van der Waals surface area contributed by atoms with Crippen LogP contribution in [0.15, 0.2) is 35.8 Å². The van der Waals surface area contributed by atoms with E-state index in [0.717, 1.165) is 12.0 Å². The van der Waals surface area contributed by atoms with Crippen molar-refractivity contribution in [3.8, 4) is 0 Å². The molecule has 5 nitrogen and oxygen atoms in total. The van der Waals surface area contributed by atoms with Gasteiger partial charge in [-0.15, -0.1) is 17.9 Å². The average molecular weight is 374 g/mol. The first kappa shape index (κ1) is 17.6. The molecule has 0 aliphatic carbocycles. The number of aromatic nitrogens is 2. The van der Waals surface area contributed by atoms with Crippen molar-refractivity contribution < 1.29 is 9.53 Å². The molecule has 0 radical (unpaired) electrons. The third-order valence-electron chi connectivity index (χ3n) is 4.02. The Balaban J connectivity index is 2.52. The van der Waals surface area contributed by atoms with E-state index in [1.54, 1.807) is 17.4 Å². The zero-order valence-corrected chi connectivity index (χ0v) is 15.7. The van der Waals surface area contributed by atoms with Crippen LogP contribution in [0.3, 0.4) is 0 Å². The lowest BCUT2D eigenvalue weighted by atomic mass is 10.1. The highest BCUT2D eigenvalue weighted by atomic mass is 32.1. The van der Waals surface area contributed by atoms with Gasteiger partial charge in [0.15, 0.2) is 3.95 Å². The Morgan fingerprint density at radius 1 is 1.44 bits per heavy atom. The van der Waals surface area contributed by atoms with Gasteiger partial charge in [-0.3, -0.25) is 9.36 Å². The summed E-state index contributed by atoms with van der Waals surface area (Å²) in [6, 6.07) is 3.88. The SMILES string of the molecule is C=CCn1c(=S)sc2c(C(=O)OCC)c3cc(CC)ccn3c2c1=O. The quantitative estimate of drug-likeness (QED) is 0.385. The summed E-state index contributed by atoms with van der Waals surface area (Å²) in [6.07, 6.45) is 4.29. The molecule has 0 unspecified atom stereocenters. The normalized spacial score (nSPS) is 11.1. The lowest BCUT2D eigenvalue weighted by Crippen LogP contribution is -2.20. The highest BCUT2D eigenvalue weighted by Crippen LogP contribution is 2.30. The Hall–Kier alpha value is -2.25. The van der Waals surface area contributed by atoms with E-state index in [0.29, 0.717) is 31.8 Å². The fourth-order valence-electron chi connectivity index (χ4n) is 2.84. The van der Waals surface area contributed by atoms with Gasteiger partial charge in [0, 0.05) is 12.7 Å². The Kier molecular flexibility index (Phi) is 4.87. The summed E-state index contributed by atoms with van der Waals surface area (Å²) < 4.78 is 9.46. The number of aryl methyl sites for hydroxylation is 1. The molecule has 0 aliphatic rings. The van der Waals surface area contributed by atoms with Gasteiger partial charge in [-0.25, -0.2) is 4.79 Å². The molecule has 3 heterocycles. The van der Waals surface area contributed by atoms with Crippen LogP contribution in [-0.2, 0) is 17.7 Å². The van der Waals surface area contributed by atoms with Crippen LogP contribution in [0.1, 0.15) is 29.8 Å². The second kappa shape index (κ2) is 6.93. The topological polar surface area (TPSA) is 52.7 Å². The van der Waals surface area contributed by atoms with E-state index in [1.807, 2.05) is 25.3 Å². The molecular weight excluding hydrogens is 356 g/mol. The Morgan fingerprint density at radius 3 is 2.84 bits per heavy atom. The second-order valence-electron chi connectivity index (χ2n) is 5.49. The van der Waals surface area contributed by atoms with E-state index in [-0.39, 0.29) is 12.2 Å². The maximum Gasteiger partial charge on any atom is 0.341 e. The standard InChI is InChI=1S/C18H18N2O3S2/c1-4-8-20-16(21)14-15(25-18(20)24)13(17(22)23-6-3)12-10-11(5-2)7-9-19(12)14/h4,7,9-10H,1,5-6,8H2,2-3H3. The molecule has 3 aromatic rings. The average Bonchev–Trinajstić information content (AvgIpc) is 2.91. The molecule has 130 valence electrons. The highest BCUT2D eigenvalue weighted by molar-refractivity contribution is 7.73. The van der Waals surface area contributed by atoms with Crippen molar-refractivity contribution >= 4 is 45.3 Å². The number of fused-ring (bicyclic) bond motifs is 3. The van der Waals surface area contributed by atoms with Crippen molar-refractivity contribution in [2.45, 2.75) is 26.8 Å². The fourth-order valence-corrected chi connectivity index (χ4v) is 4.26. The van der Waals surface area contributed by atoms with E-state index in [9.17, 15) is 9.59 Å². The van der Waals surface area contributed by atoms with Crippen LogP contribution in [0.2, 0.25) is 0 Å². The number of pyridine rings is 1. The Morgan fingerprint density at radius 2 is 2.20 bits per heavy atom. The van der Waals surface area contributed by atoms with Crippen LogP contribution in [-0.4, -0.2) is 21.5 Å². The van der Waals surface area contributed by atoms with Gasteiger partial charge in [0.1, 0.15) is 11.1 Å². The van der Waals surface area contributed by atoms with E-state index < -0.39 is 5.97 Å². The van der Waals surface area contributed by atoms with Gasteiger partial charge in [0.25, 0.3) is 5.56 Å². The smallest absolute Gasteiger partial charge is 0.341 e. The molecule has 25 heavy (non-hydrogen) atoms. The lowest BCUT2D eigenvalue weighted by Gasteiger charge is -2.03. The van der Waals surface area contributed by atoms with Crippen molar-refractivity contribution in [1.29, 1.82) is 0 Å². The van der Waals surface area contributed by atoms with Gasteiger partial charge < -0.3 is 9.14 Å². The summed E-state index contributed by atoms with van der Waals surface area (Å²) in [5.41, 5.74) is 2.38. The van der Waals surface area contributed by atoms with Crippen LogP contribution in [0.25, 0.3) is 15.7 Å². The maximum absolute atomic E-state index is 13.0. The number of carbonyl (C=O) groups excluding carboxylic acids is 1. The molecule has 0 spiro atoms. The van der Waals surface area contributed by atoms with E-state index >= 15 is 0 Å². The predicted octanol–water partition coefficient (Wildman–Crippen LogP) is 3.97. The second-order valence-corrected chi connectivity index (χ2v) is 7.13. The van der Waals surface area contributed by atoms with Gasteiger partial charge in [-0.2, -0.15) is 0 Å². The zero-order valence-electron chi connectivity index (χ0n) is 14.1. The van der Waals surface area contributed by atoms with Gasteiger partial charge >= 0.3 is 5.97 Å². The molecule has 0 N–H and O–H groups in total. The molecule has 0 aliphatic heterocycles. The first-order valence-corrected chi connectivity index (χ1v) is 9.24.